The van der Waals surface area contributed by atoms with E-state index in [0.29, 0.717) is 17.2 Å². The summed E-state index contributed by atoms with van der Waals surface area (Å²) in [6.45, 7) is 5.12. The fourth-order valence-electron chi connectivity index (χ4n) is 2.32. The van der Waals surface area contributed by atoms with Gasteiger partial charge in [0.15, 0.2) is 0 Å². The van der Waals surface area contributed by atoms with Crippen molar-refractivity contribution >= 4 is 28.4 Å². The molecule has 2 heterocycles. The highest BCUT2D eigenvalue weighted by atomic mass is 32.1. The molecular weight excluding hydrogens is 266 g/mol. The number of aromatic carboxylic acids is 1. The van der Waals surface area contributed by atoms with Gasteiger partial charge >= 0.3 is 5.97 Å². The number of amides is 1. The molecule has 7 heteroatoms. The number of carbonyl (C=O) groups is 2. The van der Waals surface area contributed by atoms with Gasteiger partial charge in [0, 0.05) is 13.6 Å². The van der Waals surface area contributed by atoms with Gasteiger partial charge in [-0.05, 0) is 30.9 Å². The zero-order valence-corrected chi connectivity index (χ0v) is 12.0. The molecule has 1 aromatic heterocycles. The van der Waals surface area contributed by atoms with E-state index in [1.54, 1.807) is 14.0 Å². The average Bonchev–Trinajstić information content (AvgIpc) is 2.93. The second-order valence-corrected chi connectivity index (χ2v) is 5.64. The molecule has 0 aromatic carbocycles. The number of hydrogen-bond donors (Lipinski definition) is 2. The maximum atomic E-state index is 12.4. The van der Waals surface area contributed by atoms with Gasteiger partial charge in [-0.1, -0.05) is 6.92 Å². The summed E-state index contributed by atoms with van der Waals surface area (Å²) in [4.78, 5) is 25.1. The molecule has 0 radical (unpaired) electrons. The molecule has 2 unspecified atom stereocenters. The van der Waals surface area contributed by atoms with E-state index in [4.69, 9.17) is 0 Å². The largest absolute Gasteiger partial charge is 0.478 e. The predicted molar refractivity (Wildman–Crippen MR) is 72.7 cm³/mol. The SMILES string of the molecule is Cc1nsc(N(C)C(=O)C2CNCC2C)c1C(=O)O. The lowest BCUT2D eigenvalue weighted by Gasteiger charge is -2.21. The highest BCUT2D eigenvalue weighted by Crippen LogP contribution is 2.30. The number of carboxylic acid groups (broad SMARTS) is 1. The van der Waals surface area contributed by atoms with E-state index in [1.807, 2.05) is 6.92 Å². The lowest BCUT2D eigenvalue weighted by atomic mass is 9.97. The summed E-state index contributed by atoms with van der Waals surface area (Å²) >= 11 is 1.05. The fourth-order valence-corrected chi connectivity index (χ4v) is 3.18. The van der Waals surface area contributed by atoms with Crippen molar-refractivity contribution in [1.82, 2.24) is 9.69 Å². The molecule has 104 valence electrons. The van der Waals surface area contributed by atoms with Crippen molar-refractivity contribution in [2.45, 2.75) is 13.8 Å². The summed E-state index contributed by atoms with van der Waals surface area (Å²) < 4.78 is 4.04. The molecule has 1 aliphatic heterocycles. The van der Waals surface area contributed by atoms with Crippen LogP contribution in [0.4, 0.5) is 5.00 Å². The molecule has 0 bridgehead atoms. The van der Waals surface area contributed by atoms with Crippen LogP contribution >= 0.6 is 11.5 Å². The zero-order valence-electron chi connectivity index (χ0n) is 11.1. The Morgan fingerprint density at radius 3 is 2.68 bits per heavy atom. The van der Waals surface area contributed by atoms with Crippen LogP contribution < -0.4 is 10.2 Å². The van der Waals surface area contributed by atoms with Gasteiger partial charge in [0.05, 0.1) is 11.6 Å². The van der Waals surface area contributed by atoms with Gasteiger partial charge in [-0.2, -0.15) is 4.37 Å². The number of rotatable bonds is 3. The number of carbonyl (C=O) groups excluding carboxylic acids is 1. The molecule has 1 fully saturated rings. The van der Waals surface area contributed by atoms with E-state index in [1.165, 1.54) is 4.90 Å². The van der Waals surface area contributed by atoms with E-state index in [2.05, 4.69) is 9.69 Å². The summed E-state index contributed by atoms with van der Waals surface area (Å²) in [6, 6.07) is 0. The molecule has 1 saturated heterocycles. The number of anilines is 1. The van der Waals surface area contributed by atoms with Gasteiger partial charge in [0.25, 0.3) is 0 Å². The van der Waals surface area contributed by atoms with Crippen LogP contribution in [0.1, 0.15) is 23.0 Å². The standard InChI is InChI=1S/C12H17N3O3S/c1-6-4-13-5-8(6)10(16)15(3)11-9(12(17)18)7(2)14-19-11/h6,8,13H,4-5H2,1-3H3,(H,17,18). The second kappa shape index (κ2) is 5.26. The summed E-state index contributed by atoms with van der Waals surface area (Å²) in [5.74, 6) is -0.937. The van der Waals surface area contributed by atoms with E-state index in [0.717, 1.165) is 18.1 Å². The van der Waals surface area contributed by atoms with E-state index >= 15 is 0 Å². The number of nitrogens with one attached hydrogen (secondary N) is 1. The Hall–Kier alpha value is -1.47. The van der Waals surface area contributed by atoms with Gasteiger partial charge in [0.1, 0.15) is 10.6 Å². The number of nitrogens with zero attached hydrogens (tertiary/aromatic N) is 2. The molecule has 2 atom stereocenters. The van der Waals surface area contributed by atoms with E-state index in [-0.39, 0.29) is 23.3 Å². The quantitative estimate of drug-likeness (QED) is 0.863. The first-order valence-corrected chi connectivity index (χ1v) is 6.88. The molecule has 2 rings (SSSR count). The molecule has 1 amide bonds. The van der Waals surface area contributed by atoms with Crippen molar-refractivity contribution in [2.75, 3.05) is 25.0 Å². The molecule has 2 N–H and O–H groups in total. The molecule has 0 spiro atoms. The van der Waals surface area contributed by atoms with Crippen LogP contribution in [0.15, 0.2) is 0 Å². The van der Waals surface area contributed by atoms with Crippen LogP contribution in [0.2, 0.25) is 0 Å². The van der Waals surface area contributed by atoms with Crippen molar-refractivity contribution < 1.29 is 14.7 Å². The maximum absolute atomic E-state index is 12.4. The zero-order chi connectivity index (χ0) is 14.2. The third kappa shape index (κ3) is 2.48. The molecule has 6 nitrogen and oxygen atoms in total. The third-order valence-electron chi connectivity index (χ3n) is 3.53. The highest BCUT2D eigenvalue weighted by molar-refractivity contribution is 7.11. The lowest BCUT2D eigenvalue weighted by Crippen LogP contribution is -2.36. The highest BCUT2D eigenvalue weighted by Gasteiger charge is 2.34. The van der Waals surface area contributed by atoms with E-state index in [9.17, 15) is 14.7 Å². The van der Waals surface area contributed by atoms with Crippen molar-refractivity contribution in [3.05, 3.63) is 11.3 Å². The fraction of sp³-hybridized carbons (Fsp3) is 0.583. The Kier molecular flexibility index (Phi) is 3.86. The molecule has 1 aliphatic rings. The van der Waals surface area contributed by atoms with Crippen molar-refractivity contribution in [3.8, 4) is 0 Å². The van der Waals surface area contributed by atoms with Gasteiger partial charge in [0.2, 0.25) is 5.91 Å². The monoisotopic (exact) mass is 283 g/mol. The van der Waals surface area contributed by atoms with Crippen molar-refractivity contribution in [1.29, 1.82) is 0 Å². The first kappa shape index (κ1) is 14.0. The first-order valence-electron chi connectivity index (χ1n) is 6.11. The number of aromatic nitrogens is 1. The van der Waals surface area contributed by atoms with Gasteiger partial charge in [-0.25, -0.2) is 4.79 Å². The normalized spacial score (nSPS) is 22.5. The second-order valence-electron chi connectivity index (χ2n) is 4.89. The first-order chi connectivity index (χ1) is 8.93. The minimum absolute atomic E-state index is 0.0522. The third-order valence-corrected chi connectivity index (χ3v) is 4.54. The molecule has 19 heavy (non-hydrogen) atoms. The van der Waals surface area contributed by atoms with Gasteiger partial charge < -0.3 is 15.3 Å². The summed E-state index contributed by atoms with van der Waals surface area (Å²) in [6.07, 6.45) is 0. The van der Waals surface area contributed by atoms with Crippen LogP contribution in [0.3, 0.4) is 0 Å². The Bertz CT molecular complexity index is 514. The van der Waals surface area contributed by atoms with Gasteiger partial charge in [-0.15, -0.1) is 0 Å². The molecule has 0 saturated carbocycles. The lowest BCUT2D eigenvalue weighted by molar-refractivity contribution is -0.122. The minimum atomic E-state index is -1.04. The Morgan fingerprint density at radius 1 is 1.47 bits per heavy atom. The van der Waals surface area contributed by atoms with Crippen LogP contribution in [0.25, 0.3) is 0 Å². The van der Waals surface area contributed by atoms with Crippen LogP contribution in [0, 0.1) is 18.8 Å². The van der Waals surface area contributed by atoms with Crippen LogP contribution in [-0.4, -0.2) is 41.5 Å². The molecular formula is C12H17N3O3S. The number of aryl methyl sites for hydroxylation is 1. The van der Waals surface area contributed by atoms with Crippen LogP contribution in [0.5, 0.6) is 0 Å². The number of carboxylic acids is 1. The summed E-state index contributed by atoms with van der Waals surface area (Å²) in [7, 11) is 1.62. The van der Waals surface area contributed by atoms with Crippen molar-refractivity contribution in [2.24, 2.45) is 11.8 Å². The van der Waals surface area contributed by atoms with Crippen molar-refractivity contribution in [3.63, 3.8) is 0 Å². The Morgan fingerprint density at radius 2 is 2.16 bits per heavy atom. The van der Waals surface area contributed by atoms with Crippen LogP contribution in [-0.2, 0) is 4.79 Å². The predicted octanol–water partition coefficient (Wildman–Crippen LogP) is 0.968. The topological polar surface area (TPSA) is 82.5 Å². The summed E-state index contributed by atoms with van der Waals surface area (Å²) in [5.41, 5.74) is 0.573. The molecule has 0 aliphatic carbocycles. The summed E-state index contributed by atoms with van der Waals surface area (Å²) in [5, 5.41) is 12.8. The molecule has 1 aromatic rings. The minimum Gasteiger partial charge on any atom is -0.478 e. The smallest absolute Gasteiger partial charge is 0.340 e. The van der Waals surface area contributed by atoms with Gasteiger partial charge in [-0.3, -0.25) is 4.79 Å². The number of hydrogen-bond acceptors (Lipinski definition) is 5. The van der Waals surface area contributed by atoms with E-state index < -0.39 is 5.97 Å². The Balaban J connectivity index is 2.27. The Labute approximate surface area is 115 Å². The maximum Gasteiger partial charge on any atom is 0.340 e. The average molecular weight is 283 g/mol.